The monoisotopic (exact) mass is 218 g/mol. The molecule has 1 heterocycles. The first-order chi connectivity index (χ1) is 7.50. The molecule has 1 aromatic heterocycles. The molecule has 0 bridgehead atoms. The number of hydrogen-bond acceptors (Lipinski definition) is 4. The minimum absolute atomic E-state index is 0.00347. The van der Waals surface area contributed by atoms with Crippen LogP contribution in [-0.2, 0) is 0 Å². The van der Waals surface area contributed by atoms with Crippen LogP contribution in [0.4, 0.5) is 0 Å². The van der Waals surface area contributed by atoms with Crippen LogP contribution in [0.3, 0.4) is 0 Å². The van der Waals surface area contributed by atoms with Crippen molar-refractivity contribution < 1.29 is 19.1 Å². The molecule has 0 aliphatic rings. The summed E-state index contributed by atoms with van der Waals surface area (Å²) in [5, 5.41) is 9.98. The van der Waals surface area contributed by atoms with Crippen LogP contribution < -0.4 is 0 Å². The topological polar surface area (TPSA) is 67.5 Å². The minimum atomic E-state index is -0.245. The summed E-state index contributed by atoms with van der Waals surface area (Å²) in [5.74, 6) is -0.283. The smallest absolute Gasteiger partial charge is 0.194 e. The van der Waals surface area contributed by atoms with Crippen molar-refractivity contribution in [2.45, 2.75) is 13.8 Å². The number of furan rings is 1. The van der Waals surface area contributed by atoms with Crippen LogP contribution in [0.2, 0.25) is 0 Å². The Morgan fingerprint density at radius 3 is 2.44 bits per heavy atom. The molecule has 0 aliphatic carbocycles. The summed E-state index contributed by atoms with van der Waals surface area (Å²) in [5.41, 5.74) is 0.623. The molecule has 2 rings (SSSR count). The average molecular weight is 218 g/mol. The van der Waals surface area contributed by atoms with Crippen LogP contribution in [0.25, 0.3) is 11.0 Å². The van der Waals surface area contributed by atoms with Crippen molar-refractivity contribution in [3.8, 4) is 5.75 Å². The normalized spacial score (nSPS) is 10.6. The first-order valence-electron chi connectivity index (χ1n) is 4.78. The molecule has 0 radical (unpaired) electrons. The predicted molar refractivity (Wildman–Crippen MR) is 57.9 cm³/mol. The Kier molecular flexibility index (Phi) is 2.27. The Balaban J connectivity index is 2.82. The van der Waals surface area contributed by atoms with Crippen LogP contribution in [0, 0.1) is 0 Å². The van der Waals surface area contributed by atoms with Crippen molar-refractivity contribution in [3.63, 3.8) is 0 Å². The van der Waals surface area contributed by atoms with Gasteiger partial charge in [-0.15, -0.1) is 0 Å². The Labute approximate surface area is 91.5 Å². The lowest BCUT2D eigenvalue weighted by Crippen LogP contribution is -1.91. The molecular formula is C12H10O4. The summed E-state index contributed by atoms with van der Waals surface area (Å²) in [7, 11) is 0. The van der Waals surface area contributed by atoms with E-state index >= 15 is 0 Å². The zero-order valence-corrected chi connectivity index (χ0v) is 8.90. The Morgan fingerprint density at radius 2 is 1.88 bits per heavy atom. The molecule has 0 amide bonds. The molecule has 0 saturated heterocycles. The molecule has 0 fully saturated rings. The molecule has 0 spiro atoms. The van der Waals surface area contributed by atoms with Crippen LogP contribution in [0.1, 0.15) is 34.8 Å². The lowest BCUT2D eigenvalue weighted by Gasteiger charge is -1.98. The number of phenolic OH excluding ortho intramolecular Hbond substituents is 1. The quantitative estimate of drug-likeness (QED) is 0.786. The zero-order chi connectivity index (χ0) is 11.9. The number of rotatable bonds is 2. The van der Waals surface area contributed by atoms with Crippen molar-refractivity contribution >= 4 is 22.5 Å². The summed E-state index contributed by atoms with van der Waals surface area (Å²) in [6, 6.07) is 4.34. The predicted octanol–water partition coefficient (Wildman–Crippen LogP) is 2.54. The van der Waals surface area contributed by atoms with Gasteiger partial charge in [-0.2, -0.15) is 0 Å². The van der Waals surface area contributed by atoms with Gasteiger partial charge >= 0.3 is 0 Å². The summed E-state index contributed by atoms with van der Waals surface area (Å²) in [6.07, 6.45) is 0. The first-order valence-corrected chi connectivity index (χ1v) is 4.78. The number of hydrogen-bond donors (Lipinski definition) is 1. The molecule has 82 valence electrons. The minimum Gasteiger partial charge on any atom is -0.507 e. The van der Waals surface area contributed by atoms with Crippen molar-refractivity contribution in [2.24, 2.45) is 0 Å². The fourth-order valence-corrected chi connectivity index (χ4v) is 1.56. The third-order valence-electron chi connectivity index (χ3n) is 2.39. The highest BCUT2D eigenvalue weighted by Crippen LogP contribution is 2.31. The highest BCUT2D eigenvalue weighted by atomic mass is 16.3. The largest absolute Gasteiger partial charge is 0.507 e. The SMILES string of the molecule is CC(=O)c1cc2c(O)ccc(C(C)=O)c2o1. The van der Waals surface area contributed by atoms with E-state index in [9.17, 15) is 14.7 Å². The van der Waals surface area contributed by atoms with Crippen molar-refractivity contribution in [3.05, 3.63) is 29.5 Å². The van der Waals surface area contributed by atoms with Crippen molar-refractivity contribution in [1.82, 2.24) is 0 Å². The van der Waals surface area contributed by atoms with E-state index in [0.717, 1.165) is 0 Å². The summed E-state index contributed by atoms with van der Waals surface area (Å²) in [4.78, 5) is 22.5. The molecule has 0 unspecified atom stereocenters. The molecule has 0 atom stereocenters. The van der Waals surface area contributed by atoms with Gasteiger partial charge in [0.15, 0.2) is 17.3 Å². The van der Waals surface area contributed by atoms with Crippen LogP contribution >= 0.6 is 0 Å². The van der Waals surface area contributed by atoms with Gasteiger partial charge in [0, 0.05) is 6.92 Å². The maximum atomic E-state index is 11.3. The van der Waals surface area contributed by atoms with E-state index in [2.05, 4.69) is 0 Å². The Morgan fingerprint density at radius 1 is 1.19 bits per heavy atom. The highest BCUT2D eigenvalue weighted by Gasteiger charge is 2.16. The van der Waals surface area contributed by atoms with E-state index in [4.69, 9.17) is 4.42 Å². The molecule has 4 nitrogen and oxygen atoms in total. The summed E-state index contributed by atoms with van der Waals surface area (Å²) >= 11 is 0. The fourth-order valence-electron chi connectivity index (χ4n) is 1.56. The van der Waals surface area contributed by atoms with Gasteiger partial charge in [-0.3, -0.25) is 9.59 Å². The number of Topliss-reactive ketones (excluding diaryl/α,β-unsaturated/α-hetero) is 2. The standard InChI is InChI=1S/C12H10O4/c1-6(13)8-3-4-10(15)9-5-11(7(2)14)16-12(8)9/h3-5,15H,1-2H3. The van der Waals surface area contributed by atoms with Crippen LogP contribution in [0.5, 0.6) is 5.75 Å². The van der Waals surface area contributed by atoms with Gasteiger partial charge in [0.2, 0.25) is 0 Å². The number of benzene rings is 1. The lowest BCUT2D eigenvalue weighted by molar-refractivity contribution is 0.0983. The summed E-state index contributed by atoms with van der Waals surface area (Å²) in [6.45, 7) is 2.77. The van der Waals surface area contributed by atoms with Gasteiger partial charge in [-0.1, -0.05) is 0 Å². The number of fused-ring (bicyclic) bond motifs is 1. The third kappa shape index (κ3) is 1.48. The van der Waals surface area contributed by atoms with Gasteiger partial charge in [0.05, 0.1) is 10.9 Å². The van der Waals surface area contributed by atoms with Gasteiger partial charge < -0.3 is 9.52 Å². The molecule has 0 saturated carbocycles. The van der Waals surface area contributed by atoms with E-state index in [1.807, 2.05) is 0 Å². The van der Waals surface area contributed by atoms with Gasteiger partial charge in [0.25, 0.3) is 0 Å². The van der Waals surface area contributed by atoms with E-state index in [-0.39, 0.29) is 28.7 Å². The van der Waals surface area contributed by atoms with Gasteiger partial charge in [-0.05, 0) is 25.1 Å². The average Bonchev–Trinajstić information content (AvgIpc) is 2.62. The number of aromatic hydroxyl groups is 1. The maximum Gasteiger partial charge on any atom is 0.194 e. The number of carbonyl (C=O) groups excluding carboxylic acids is 2. The number of phenols is 1. The van der Waals surface area contributed by atoms with Crippen LogP contribution in [0.15, 0.2) is 22.6 Å². The van der Waals surface area contributed by atoms with Crippen molar-refractivity contribution in [1.29, 1.82) is 0 Å². The lowest BCUT2D eigenvalue weighted by atomic mass is 10.1. The molecule has 1 N–H and O–H groups in total. The van der Waals surface area contributed by atoms with E-state index < -0.39 is 0 Å². The maximum absolute atomic E-state index is 11.3. The van der Waals surface area contributed by atoms with E-state index in [1.165, 1.54) is 32.0 Å². The number of carbonyl (C=O) groups is 2. The first kappa shape index (κ1) is 10.4. The zero-order valence-electron chi connectivity index (χ0n) is 8.90. The van der Waals surface area contributed by atoms with Crippen molar-refractivity contribution in [2.75, 3.05) is 0 Å². The Hall–Kier alpha value is -2.10. The Bertz CT molecular complexity index is 592. The van der Waals surface area contributed by atoms with Gasteiger partial charge in [0.1, 0.15) is 11.3 Å². The molecular weight excluding hydrogens is 208 g/mol. The molecule has 1 aromatic carbocycles. The van der Waals surface area contributed by atoms with Crippen LogP contribution in [-0.4, -0.2) is 16.7 Å². The second-order valence-electron chi connectivity index (χ2n) is 3.60. The molecule has 0 aliphatic heterocycles. The van der Waals surface area contributed by atoms with Gasteiger partial charge in [-0.25, -0.2) is 0 Å². The number of ketones is 2. The van der Waals surface area contributed by atoms with E-state index in [1.54, 1.807) is 0 Å². The second kappa shape index (κ2) is 3.48. The molecule has 4 heteroatoms. The fraction of sp³-hybridized carbons (Fsp3) is 0.167. The summed E-state index contributed by atoms with van der Waals surface area (Å²) < 4.78 is 5.27. The highest BCUT2D eigenvalue weighted by molar-refractivity contribution is 6.08. The third-order valence-corrected chi connectivity index (χ3v) is 2.39. The molecule has 2 aromatic rings. The molecule has 16 heavy (non-hydrogen) atoms. The second-order valence-corrected chi connectivity index (χ2v) is 3.60. The van der Waals surface area contributed by atoms with E-state index in [0.29, 0.717) is 10.9 Å².